The molecule has 2 N–H and O–H groups in total. The van der Waals surface area contributed by atoms with Crippen LogP contribution in [0.2, 0.25) is 0 Å². The Hall–Kier alpha value is 1.44. The van der Waals surface area contributed by atoms with Crippen molar-refractivity contribution >= 4 is 73.9 Å². The summed E-state index contributed by atoms with van der Waals surface area (Å²) in [6, 6.07) is 0. The van der Waals surface area contributed by atoms with Crippen LogP contribution in [0.5, 0.6) is 0 Å². The van der Waals surface area contributed by atoms with Crippen molar-refractivity contribution in [1.29, 1.82) is 0 Å². The van der Waals surface area contributed by atoms with E-state index in [2.05, 4.69) is 0 Å². The predicted octanol–water partition coefficient (Wildman–Crippen LogP) is -1.34. The van der Waals surface area contributed by atoms with Gasteiger partial charge in [-0.1, -0.05) is 0 Å². The van der Waals surface area contributed by atoms with Crippen molar-refractivity contribution in [3.05, 3.63) is 0 Å². The van der Waals surface area contributed by atoms with Crippen molar-refractivity contribution in [1.82, 2.24) is 0 Å². The van der Waals surface area contributed by atoms with Gasteiger partial charge in [-0.3, -0.25) is 0 Å². The average Bonchev–Trinajstić information content (AvgIpc) is 0.811. The molecule has 0 aliphatic carbocycles. The number of hydrogen-bond acceptors (Lipinski definition) is 1. The molecule has 0 aromatic heterocycles. The van der Waals surface area contributed by atoms with E-state index < -0.39 is 6.16 Å². The van der Waals surface area contributed by atoms with Gasteiger partial charge in [0.1, 0.15) is 0 Å². The molecule has 0 aromatic carbocycles. The Morgan fingerprint density at radius 3 is 1.33 bits per heavy atom. The third-order valence-electron chi connectivity index (χ3n) is 0. The number of carboxylic acid groups (broad SMARTS) is 2. The molecule has 0 atom stereocenters. The average molecular weight is 209 g/mol. The normalized spacial score (nSPS) is 4.00. The van der Waals surface area contributed by atoms with E-state index in [1.165, 1.54) is 0 Å². The summed E-state index contributed by atoms with van der Waals surface area (Å²) in [5.41, 5.74) is 0. The van der Waals surface area contributed by atoms with Crippen molar-refractivity contribution in [3.63, 3.8) is 0 Å². The summed E-state index contributed by atoms with van der Waals surface area (Å²) in [4.78, 5) is 8.56. The zero-order chi connectivity index (χ0) is 3.58. The second-order valence-electron chi connectivity index (χ2n) is 0.283. The Balaban J connectivity index is -0.0000000450. The monoisotopic (exact) mass is 210 g/mol. The first kappa shape index (κ1) is 15.7. The second-order valence-corrected chi connectivity index (χ2v) is 0.283. The van der Waals surface area contributed by atoms with Crippen LogP contribution in [0.3, 0.4) is 0 Å². The molecule has 0 spiro atoms. The van der Waals surface area contributed by atoms with Gasteiger partial charge in [0.05, 0.1) is 0 Å². The molecule has 0 unspecified atom stereocenters. The van der Waals surface area contributed by atoms with Crippen LogP contribution in [-0.2, 0) is 0 Å². The fourth-order valence-corrected chi connectivity index (χ4v) is 0. The van der Waals surface area contributed by atoms with Gasteiger partial charge < -0.3 is 10.2 Å². The van der Waals surface area contributed by atoms with Gasteiger partial charge in [-0.25, -0.2) is 4.79 Å². The van der Waals surface area contributed by atoms with E-state index in [9.17, 15) is 0 Å². The first-order chi connectivity index (χ1) is 1.73. The van der Waals surface area contributed by atoms with Crippen LogP contribution in [-0.4, -0.2) is 84.1 Å². The molecular weight excluding hydrogens is 204 g/mol. The van der Waals surface area contributed by atoms with Gasteiger partial charge in [0.15, 0.2) is 0 Å². The predicted molar refractivity (Wildman–Crippen MR) is 26.3 cm³/mol. The summed E-state index contributed by atoms with van der Waals surface area (Å²) in [5.74, 6) is 0. The van der Waals surface area contributed by atoms with Crippen molar-refractivity contribution < 1.29 is 15.0 Å². The summed E-state index contributed by atoms with van der Waals surface area (Å²) < 4.78 is 0. The maximum atomic E-state index is 8.56. The van der Waals surface area contributed by atoms with Crippen LogP contribution < -0.4 is 0 Å². The summed E-state index contributed by atoms with van der Waals surface area (Å²) in [6.07, 6.45) is -1.83. The minimum absolute atomic E-state index is 0. The third-order valence-corrected chi connectivity index (χ3v) is 0. The molecular formula is CH5BaLiO3. The van der Waals surface area contributed by atoms with Crippen LogP contribution in [0, 0.1) is 0 Å². The maximum absolute atomic E-state index is 8.56. The van der Waals surface area contributed by atoms with Crippen molar-refractivity contribution in [2.75, 3.05) is 0 Å². The number of hydrogen-bond donors (Lipinski definition) is 2. The second kappa shape index (κ2) is 9.67. The fourth-order valence-electron chi connectivity index (χ4n) is 0. The van der Waals surface area contributed by atoms with Gasteiger partial charge >= 0.3 is 73.9 Å². The molecule has 0 aromatic rings. The molecule has 30 valence electrons. The summed E-state index contributed by atoms with van der Waals surface area (Å²) in [5, 5.41) is 13.9. The first-order valence-corrected chi connectivity index (χ1v) is 0.651. The minimum atomic E-state index is -1.83. The Bertz CT molecular complexity index is 33.8. The van der Waals surface area contributed by atoms with Gasteiger partial charge in [-0.15, -0.1) is 0 Å². The molecule has 0 aliphatic heterocycles. The van der Waals surface area contributed by atoms with E-state index in [-0.39, 0.29) is 67.7 Å². The summed E-state index contributed by atoms with van der Waals surface area (Å²) >= 11 is 0. The van der Waals surface area contributed by atoms with Crippen LogP contribution in [0.15, 0.2) is 0 Å². The van der Waals surface area contributed by atoms with Gasteiger partial charge in [0, 0.05) is 0 Å². The van der Waals surface area contributed by atoms with E-state index in [1.54, 1.807) is 0 Å². The molecule has 0 fully saturated rings. The Morgan fingerprint density at radius 1 is 1.33 bits per heavy atom. The molecule has 5 heteroatoms. The standard InChI is InChI=1S/CH2O3.Ba.Li.3H/c2-1(3)4;;;;;/h(H2,2,3,4);;;;;. The van der Waals surface area contributed by atoms with Crippen molar-refractivity contribution in [2.45, 2.75) is 0 Å². The molecule has 6 heavy (non-hydrogen) atoms. The van der Waals surface area contributed by atoms with E-state index in [1.807, 2.05) is 0 Å². The van der Waals surface area contributed by atoms with Gasteiger partial charge in [0.2, 0.25) is 0 Å². The van der Waals surface area contributed by atoms with E-state index in [4.69, 9.17) is 15.0 Å². The molecule has 0 radical (unpaired) electrons. The van der Waals surface area contributed by atoms with Gasteiger partial charge in [-0.2, -0.15) is 0 Å². The molecule has 0 saturated heterocycles. The Kier molecular flexibility index (Phi) is 25.2. The van der Waals surface area contributed by atoms with Crippen LogP contribution in [0.1, 0.15) is 0 Å². The van der Waals surface area contributed by atoms with Crippen LogP contribution in [0.25, 0.3) is 0 Å². The third kappa shape index (κ3) is 51.8. The molecule has 0 amide bonds. The number of carbonyl (C=O) groups is 1. The SMILES string of the molecule is O=C(O)O.[BaH2].[LiH]. The zero-order valence-electron chi connectivity index (χ0n) is 1.80. The summed E-state index contributed by atoms with van der Waals surface area (Å²) in [6.45, 7) is 0. The van der Waals surface area contributed by atoms with E-state index in [0.717, 1.165) is 0 Å². The fraction of sp³-hybridized carbons (Fsp3) is 0. The van der Waals surface area contributed by atoms with Crippen LogP contribution in [0.4, 0.5) is 4.79 Å². The summed E-state index contributed by atoms with van der Waals surface area (Å²) in [7, 11) is 0. The van der Waals surface area contributed by atoms with Crippen molar-refractivity contribution in [2.24, 2.45) is 0 Å². The molecule has 0 saturated carbocycles. The van der Waals surface area contributed by atoms with E-state index in [0.29, 0.717) is 0 Å². The van der Waals surface area contributed by atoms with Gasteiger partial charge in [0.25, 0.3) is 0 Å². The molecule has 3 nitrogen and oxygen atoms in total. The number of rotatable bonds is 0. The zero-order valence-corrected chi connectivity index (χ0v) is 1.80. The Labute approximate surface area is 87.4 Å². The molecule has 0 bridgehead atoms. The van der Waals surface area contributed by atoms with Crippen molar-refractivity contribution in [3.8, 4) is 0 Å². The Morgan fingerprint density at radius 2 is 1.33 bits per heavy atom. The van der Waals surface area contributed by atoms with E-state index >= 15 is 0 Å². The van der Waals surface area contributed by atoms with Crippen LogP contribution >= 0.6 is 0 Å². The topological polar surface area (TPSA) is 57.5 Å². The first-order valence-electron chi connectivity index (χ1n) is 0.651. The molecule has 0 rings (SSSR count). The molecule has 0 heterocycles. The quantitative estimate of drug-likeness (QED) is 0.485. The van der Waals surface area contributed by atoms with Gasteiger partial charge in [-0.05, 0) is 0 Å². The molecule has 0 aliphatic rings.